The number of rotatable bonds is 1. The van der Waals surface area contributed by atoms with Gasteiger partial charge in [-0.15, -0.1) is 0 Å². The van der Waals surface area contributed by atoms with Crippen LogP contribution in [0.15, 0.2) is 18.2 Å². The number of halogens is 2. The van der Waals surface area contributed by atoms with Gasteiger partial charge in [-0.1, -0.05) is 37.9 Å². The largest absolute Gasteiger partial charge is 0.207 e. The average Bonchev–Trinajstić information content (AvgIpc) is 2.15. The van der Waals surface area contributed by atoms with Gasteiger partial charge < -0.3 is 0 Å². The van der Waals surface area contributed by atoms with Crippen LogP contribution >= 0.6 is 11.6 Å². The van der Waals surface area contributed by atoms with Gasteiger partial charge in [-0.3, -0.25) is 0 Å². The van der Waals surface area contributed by atoms with Crippen LogP contribution in [-0.4, -0.2) is 0 Å². The van der Waals surface area contributed by atoms with Crippen molar-refractivity contribution in [2.45, 2.75) is 45.4 Å². The van der Waals surface area contributed by atoms with Crippen molar-refractivity contribution in [3.63, 3.8) is 0 Å². The zero-order chi connectivity index (χ0) is 11.8. The molecule has 1 fully saturated rings. The summed E-state index contributed by atoms with van der Waals surface area (Å²) in [6, 6.07) is 4.80. The van der Waals surface area contributed by atoms with Gasteiger partial charge in [-0.2, -0.15) is 0 Å². The van der Waals surface area contributed by atoms with Gasteiger partial charge in [0, 0.05) is 5.02 Å². The van der Waals surface area contributed by atoms with Gasteiger partial charge in [-0.25, -0.2) is 4.39 Å². The predicted octanol–water partition coefficient (Wildman–Crippen LogP) is 5.16. The molecule has 0 aliphatic heterocycles. The second kappa shape index (κ2) is 4.37. The summed E-state index contributed by atoms with van der Waals surface area (Å²) in [6.07, 6.45) is 4.85. The Labute approximate surface area is 102 Å². The van der Waals surface area contributed by atoms with Crippen molar-refractivity contribution in [3.05, 3.63) is 34.6 Å². The molecule has 0 aromatic heterocycles. The summed E-state index contributed by atoms with van der Waals surface area (Å²) in [5.74, 6) is 0.251. The highest BCUT2D eigenvalue weighted by Crippen LogP contribution is 2.44. The van der Waals surface area contributed by atoms with Crippen LogP contribution in [0.5, 0.6) is 0 Å². The van der Waals surface area contributed by atoms with Gasteiger partial charge in [0.1, 0.15) is 5.82 Å². The van der Waals surface area contributed by atoms with Gasteiger partial charge >= 0.3 is 0 Å². The third kappa shape index (κ3) is 2.57. The van der Waals surface area contributed by atoms with Crippen LogP contribution in [0.2, 0.25) is 5.02 Å². The first-order valence-electron chi connectivity index (χ1n) is 5.93. The molecule has 2 heteroatoms. The lowest BCUT2D eigenvalue weighted by Gasteiger charge is -2.35. The summed E-state index contributed by atoms with van der Waals surface area (Å²) in [4.78, 5) is 0. The first-order chi connectivity index (χ1) is 7.48. The molecule has 16 heavy (non-hydrogen) atoms. The fraction of sp³-hybridized carbons (Fsp3) is 0.571. The Bertz CT molecular complexity index is 384. The van der Waals surface area contributed by atoms with Crippen LogP contribution in [0.25, 0.3) is 0 Å². The molecule has 0 nitrogen and oxygen atoms in total. The SMILES string of the molecule is CC1(C)CCCC(c2ccc(F)cc2Cl)C1. The van der Waals surface area contributed by atoms with E-state index >= 15 is 0 Å². The zero-order valence-electron chi connectivity index (χ0n) is 9.89. The fourth-order valence-electron chi connectivity index (χ4n) is 2.80. The van der Waals surface area contributed by atoms with E-state index < -0.39 is 0 Å². The molecule has 0 N–H and O–H groups in total. The molecule has 0 bridgehead atoms. The molecule has 0 spiro atoms. The normalized spacial score (nSPS) is 24.4. The van der Waals surface area contributed by atoms with Crippen molar-refractivity contribution < 1.29 is 4.39 Å². The highest BCUT2D eigenvalue weighted by atomic mass is 35.5. The lowest BCUT2D eigenvalue weighted by molar-refractivity contribution is 0.219. The molecule has 0 heterocycles. The van der Waals surface area contributed by atoms with E-state index in [0.717, 1.165) is 12.0 Å². The number of hydrogen-bond donors (Lipinski definition) is 0. The summed E-state index contributed by atoms with van der Waals surface area (Å²) in [7, 11) is 0. The van der Waals surface area contributed by atoms with E-state index in [4.69, 9.17) is 11.6 Å². The Hall–Kier alpha value is -0.560. The Morgan fingerprint density at radius 3 is 2.75 bits per heavy atom. The van der Waals surface area contributed by atoms with Gasteiger partial charge in [0.05, 0.1) is 0 Å². The molecule has 1 aliphatic carbocycles. The molecule has 1 unspecified atom stereocenters. The summed E-state index contributed by atoms with van der Waals surface area (Å²) >= 11 is 6.12. The topological polar surface area (TPSA) is 0 Å². The minimum atomic E-state index is -0.246. The first-order valence-corrected chi connectivity index (χ1v) is 6.31. The molecular formula is C14H18ClF. The highest BCUT2D eigenvalue weighted by Gasteiger charge is 2.29. The van der Waals surface area contributed by atoms with Crippen molar-refractivity contribution in [3.8, 4) is 0 Å². The molecule has 1 aromatic rings. The Morgan fingerprint density at radius 2 is 2.12 bits per heavy atom. The van der Waals surface area contributed by atoms with Gasteiger partial charge in [0.25, 0.3) is 0 Å². The summed E-state index contributed by atoms with van der Waals surface area (Å²) < 4.78 is 13.0. The summed E-state index contributed by atoms with van der Waals surface area (Å²) in [5.41, 5.74) is 1.51. The highest BCUT2D eigenvalue weighted by molar-refractivity contribution is 6.31. The third-order valence-corrected chi connectivity index (χ3v) is 3.93. The standard InChI is InChI=1S/C14H18ClF/c1-14(2)7-3-4-10(9-14)12-6-5-11(16)8-13(12)15/h5-6,8,10H,3-4,7,9H2,1-2H3. The minimum absolute atomic E-state index is 0.246. The maximum atomic E-state index is 13.0. The molecule has 1 aromatic carbocycles. The van der Waals surface area contributed by atoms with Crippen molar-refractivity contribution in [1.82, 2.24) is 0 Å². The molecular weight excluding hydrogens is 223 g/mol. The van der Waals surface area contributed by atoms with E-state index in [1.807, 2.05) is 6.07 Å². The smallest absolute Gasteiger partial charge is 0.124 e. The van der Waals surface area contributed by atoms with Crippen LogP contribution < -0.4 is 0 Å². The second-order valence-corrected chi connectivity index (χ2v) is 6.03. The third-order valence-electron chi connectivity index (χ3n) is 3.61. The predicted molar refractivity (Wildman–Crippen MR) is 66.4 cm³/mol. The Balaban J connectivity index is 2.23. The first kappa shape index (κ1) is 11.9. The van der Waals surface area contributed by atoms with E-state index in [1.165, 1.54) is 31.4 Å². The fourth-order valence-corrected chi connectivity index (χ4v) is 3.12. The summed E-state index contributed by atoms with van der Waals surface area (Å²) in [6.45, 7) is 4.60. The molecule has 0 radical (unpaired) electrons. The lowest BCUT2D eigenvalue weighted by Crippen LogP contribution is -2.21. The minimum Gasteiger partial charge on any atom is -0.207 e. The van der Waals surface area contributed by atoms with E-state index in [-0.39, 0.29) is 5.82 Å². The molecule has 1 aliphatic rings. The molecule has 1 atom stereocenters. The van der Waals surface area contributed by atoms with Crippen molar-refractivity contribution >= 4 is 11.6 Å². The molecule has 0 saturated heterocycles. The van der Waals surface area contributed by atoms with Gasteiger partial charge in [-0.05, 0) is 48.3 Å². The molecule has 0 amide bonds. The van der Waals surface area contributed by atoms with E-state index in [2.05, 4.69) is 13.8 Å². The molecule has 88 valence electrons. The van der Waals surface area contributed by atoms with E-state index in [9.17, 15) is 4.39 Å². The average molecular weight is 241 g/mol. The quantitative estimate of drug-likeness (QED) is 0.636. The number of hydrogen-bond acceptors (Lipinski definition) is 0. The van der Waals surface area contributed by atoms with Crippen LogP contribution in [-0.2, 0) is 0 Å². The monoisotopic (exact) mass is 240 g/mol. The molecule has 2 rings (SSSR count). The van der Waals surface area contributed by atoms with Crippen LogP contribution in [0, 0.1) is 11.2 Å². The van der Waals surface area contributed by atoms with Crippen molar-refractivity contribution in [2.75, 3.05) is 0 Å². The van der Waals surface area contributed by atoms with E-state index in [0.29, 0.717) is 16.4 Å². The van der Waals surface area contributed by atoms with Crippen molar-refractivity contribution in [2.24, 2.45) is 5.41 Å². The summed E-state index contributed by atoms with van der Waals surface area (Å²) in [5, 5.41) is 0.586. The van der Waals surface area contributed by atoms with Crippen LogP contribution in [0.3, 0.4) is 0 Å². The number of benzene rings is 1. The molecule has 1 saturated carbocycles. The van der Waals surface area contributed by atoms with Gasteiger partial charge in [0.15, 0.2) is 0 Å². The Kier molecular flexibility index (Phi) is 3.25. The zero-order valence-corrected chi connectivity index (χ0v) is 10.6. The van der Waals surface area contributed by atoms with Gasteiger partial charge in [0.2, 0.25) is 0 Å². The van der Waals surface area contributed by atoms with Crippen LogP contribution in [0.1, 0.15) is 51.0 Å². The van der Waals surface area contributed by atoms with Crippen molar-refractivity contribution in [1.29, 1.82) is 0 Å². The maximum absolute atomic E-state index is 13.0. The Morgan fingerprint density at radius 1 is 1.38 bits per heavy atom. The maximum Gasteiger partial charge on any atom is 0.124 e. The van der Waals surface area contributed by atoms with Crippen LogP contribution in [0.4, 0.5) is 4.39 Å². The van der Waals surface area contributed by atoms with E-state index in [1.54, 1.807) is 0 Å². The lowest BCUT2D eigenvalue weighted by atomic mass is 9.70. The second-order valence-electron chi connectivity index (χ2n) is 5.62.